The van der Waals surface area contributed by atoms with Gasteiger partial charge in [0.2, 0.25) is 0 Å². The summed E-state index contributed by atoms with van der Waals surface area (Å²) in [5.41, 5.74) is 2.52. The Labute approximate surface area is 126 Å². The van der Waals surface area contributed by atoms with Crippen LogP contribution in [0.2, 0.25) is 5.02 Å². The van der Waals surface area contributed by atoms with Gasteiger partial charge in [0.1, 0.15) is 5.78 Å². The first-order chi connectivity index (χ1) is 9.58. The summed E-state index contributed by atoms with van der Waals surface area (Å²) in [5, 5.41) is 0.769. The van der Waals surface area contributed by atoms with E-state index in [2.05, 4.69) is 13.0 Å². The summed E-state index contributed by atoms with van der Waals surface area (Å²) in [5.74, 6) is 1.04. The lowest BCUT2D eigenvalue weighted by Gasteiger charge is -2.27. The molecule has 0 N–H and O–H groups in total. The molecule has 0 unspecified atom stereocenters. The summed E-state index contributed by atoms with van der Waals surface area (Å²) >= 11 is 5.92. The molecule has 0 saturated heterocycles. The van der Waals surface area contributed by atoms with Crippen LogP contribution in [0.3, 0.4) is 0 Å². The smallest absolute Gasteiger partial charge is 0.139 e. The highest BCUT2D eigenvalue weighted by atomic mass is 35.5. The number of halogens is 1. The number of carbonyl (C=O) groups excluding carboxylic acids is 1. The highest BCUT2D eigenvalue weighted by Gasteiger charge is 2.46. The molecule has 1 nitrogen and oxygen atoms in total. The number of rotatable bonds is 1. The van der Waals surface area contributed by atoms with Crippen molar-refractivity contribution >= 4 is 23.5 Å². The van der Waals surface area contributed by atoms with Crippen LogP contribution in [0.4, 0.5) is 0 Å². The van der Waals surface area contributed by atoms with Gasteiger partial charge in [0.15, 0.2) is 0 Å². The van der Waals surface area contributed by atoms with Crippen molar-refractivity contribution in [3.8, 4) is 0 Å². The minimum atomic E-state index is -0.102. The van der Waals surface area contributed by atoms with Gasteiger partial charge in [0, 0.05) is 16.9 Å². The summed E-state index contributed by atoms with van der Waals surface area (Å²) in [7, 11) is 0. The number of fused-ring (bicyclic) bond motifs is 1. The van der Waals surface area contributed by atoms with Gasteiger partial charge in [-0.15, -0.1) is 0 Å². The normalized spacial score (nSPS) is 32.2. The molecule has 0 heterocycles. The summed E-state index contributed by atoms with van der Waals surface area (Å²) < 4.78 is 0. The minimum Gasteiger partial charge on any atom is -0.299 e. The maximum atomic E-state index is 12.4. The lowest BCUT2D eigenvalue weighted by Crippen LogP contribution is -2.29. The van der Waals surface area contributed by atoms with Crippen LogP contribution in [0, 0.1) is 11.3 Å². The van der Waals surface area contributed by atoms with Crippen molar-refractivity contribution in [3.63, 3.8) is 0 Å². The standard InChI is InChI=1S/C18H21ClO/c1-18-12-14(10-13-6-8-16(19)9-7-13)11-15(18)4-2-3-5-17(18)20/h6-10,15H,2-5,11-12H2,1H3/b14-10+/t15-,18+/m1/s1. The van der Waals surface area contributed by atoms with Gasteiger partial charge in [0.25, 0.3) is 0 Å². The SMILES string of the molecule is C[C@]12C/C(=C/c3ccc(Cl)cc3)C[C@H]1CCCCC2=O. The highest BCUT2D eigenvalue weighted by molar-refractivity contribution is 6.30. The molecule has 2 aliphatic rings. The quantitative estimate of drug-likeness (QED) is 0.687. The Morgan fingerprint density at radius 1 is 1.25 bits per heavy atom. The first-order valence-corrected chi connectivity index (χ1v) is 7.94. The van der Waals surface area contributed by atoms with Gasteiger partial charge >= 0.3 is 0 Å². The molecular weight excluding hydrogens is 268 g/mol. The Balaban J connectivity index is 1.84. The molecule has 2 saturated carbocycles. The minimum absolute atomic E-state index is 0.102. The fourth-order valence-corrected chi connectivity index (χ4v) is 3.97. The zero-order valence-corrected chi connectivity index (χ0v) is 12.7. The summed E-state index contributed by atoms with van der Waals surface area (Å²) in [6, 6.07) is 7.95. The molecule has 3 rings (SSSR count). The number of hydrogen-bond acceptors (Lipinski definition) is 1. The molecule has 0 spiro atoms. The summed E-state index contributed by atoms with van der Waals surface area (Å²) in [6.07, 6.45) is 8.57. The van der Waals surface area contributed by atoms with Gasteiger partial charge in [-0.2, -0.15) is 0 Å². The summed E-state index contributed by atoms with van der Waals surface area (Å²) in [4.78, 5) is 12.4. The molecule has 0 aromatic heterocycles. The molecular formula is C18H21ClO. The predicted molar refractivity (Wildman–Crippen MR) is 83.7 cm³/mol. The van der Waals surface area contributed by atoms with Crippen LogP contribution in [0.15, 0.2) is 29.8 Å². The fraction of sp³-hybridized carbons (Fsp3) is 0.500. The van der Waals surface area contributed by atoms with Crippen LogP contribution in [-0.2, 0) is 4.79 Å². The van der Waals surface area contributed by atoms with Gasteiger partial charge in [-0.05, 0) is 49.3 Å². The second kappa shape index (κ2) is 5.37. The first kappa shape index (κ1) is 13.9. The molecule has 0 radical (unpaired) electrons. The van der Waals surface area contributed by atoms with Crippen LogP contribution in [-0.4, -0.2) is 5.78 Å². The molecule has 2 heteroatoms. The number of hydrogen-bond donors (Lipinski definition) is 0. The average molecular weight is 289 g/mol. The molecule has 1 aromatic rings. The number of allylic oxidation sites excluding steroid dienone is 1. The van der Waals surface area contributed by atoms with E-state index >= 15 is 0 Å². The van der Waals surface area contributed by atoms with Gasteiger partial charge in [-0.1, -0.05) is 48.7 Å². The third-order valence-corrected chi connectivity index (χ3v) is 5.34. The predicted octanol–water partition coefficient (Wildman–Crippen LogP) is 5.28. The van der Waals surface area contributed by atoms with E-state index in [-0.39, 0.29) is 5.41 Å². The monoisotopic (exact) mass is 288 g/mol. The number of ketones is 1. The molecule has 2 atom stereocenters. The molecule has 2 aliphatic carbocycles. The van der Waals surface area contributed by atoms with E-state index in [4.69, 9.17) is 11.6 Å². The first-order valence-electron chi connectivity index (χ1n) is 7.56. The largest absolute Gasteiger partial charge is 0.299 e. The van der Waals surface area contributed by atoms with Crippen LogP contribution in [0.25, 0.3) is 6.08 Å². The van der Waals surface area contributed by atoms with Crippen LogP contribution in [0.5, 0.6) is 0 Å². The fourth-order valence-electron chi connectivity index (χ4n) is 3.84. The van der Waals surface area contributed by atoms with E-state index in [1.165, 1.54) is 24.0 Å². The third-order valence-electron chi connectivity index (χ3n) is 5.09. The van der Waals surface area contributed by atoms with Gasteiger partial charge in [-0.3, -0.25) is 4.79 Å². The van der Waals surface area contributed by atoms with Crippen molar-refractivity contribution in [1.82, 2.24) is 0 Å². The van der Waals surface area contributed by atoms with Crippen molar-refractivity contribution in [2.24, 2.45) is 11.3 Å². The van der Waals surface area contributed by atoms with Gasteiger partial charge in [-0.25, -0.2) is 0 Å². The van der Waals surface area contributed by atoms with E-state index < -0.39 is 0 Å². The van der Waals surface area contributed by atoms with Gasteiger partial charge in [0.05, 0.1) is 0 Å². The molecule has 0 aliphatic heterocycles. The molecule has 1 aromatic carbocycles. The van der Waals surface area contributed by atoms with Crippen molar-refractivity contribution in [2.45, 2.75) is 45.4 Å². The Morgan fingerprint density at radius 3 is 2.75 bits per heavy atom. The van der Waals surface area contributed by atoms with E-state index in [0.717, 1.165) is 30.7 Å². The van der Waals surface area contributed by atoms with Crippen LogP contribution in [0.1, 0.15) is 51.0 Å². The maximum Gasteiger partial charge on any atom is 0.139 e. The van der Waals surface area contributed by atoms with E-state index in [9.17, 15) is 4.79 Å². The Bertz CT molecular complexity index is 543. The van der Waals surface area contributed by atoms with Crippen LogP contribution < -0.4 is 0 Å². The van der Waals surface area contributed by atoms with Gasteiger partial charge < -0.3 is 0 Å². The topological polar surface area (TPSA) is 17.1 Å². The van der Waals surface area contributed by atoms with E-state index in [1.54, 1.807) is 0 Å². The number of benzene rings is 1. The van der Waals surface area contributed by atoms with Crippen molar-refractivity contribution < 1.29 is 4.79 Å². The molecule has 2 fully saturated rings. The average Bonchev–Trinajstić information content (AvgIpc) is 2.68. The second-order valence-corrected chi connectivity index (χ2v) is 6.95. The third kappa shape index (κ3) is 2.56. The lowest BCUT2D eigenvalue weighted by molar-refractivity contribution is -0.129. The molecule has 20 heavy (non-hydrogen) atoms. The van der Waals surface area contributed by atoms with E-state index in [1.807, 2.05) is 24.3 Å². The number of carbonyl (C=O) groups is 1. The zero-order chi connectivity index (χ0) is 14.2. The molecule has 106 valence electrons. The van der Waals surface area contributed by atoms with Crippen molar-refractivity contribution in [3.05, 3.63) is 40.4 Å². The maximum absolute atomic E-state index is 12.4. The highest BCUT2D eigenvalue weighted by Crippen LogP contribution is 2.51. The van der Waals surface area contributed by atoms with E-state index in [0.29, 0.717) is 11.7 Å². The van der Waals surface area contributed by atoms with Crippen molar-refractivity contribution in [2.75, 3.05) is 0 Å². The summed E-state index contributed by atoms with van der Waals surface area (Å²) in [6.45, 7) is 2.19. The Hall–Kier alpha value is -1.08. The zero-order valence-electron chi connectivity index (χ0n) is 12.0. The molecule has 0 amide bonds. The second-order valence-electron chi connectivity index (χ2n) is 6.52. The number of Topliss-reactive ketones (excluding diaryl/α,β-unsaturated/α-hetero) is 1. The van der Waals surface area contributed by atoms with Crippen LogP contribution >= 0.6 is 11.6 Å². The Kier molecular flexibility index (Phi) is 3.72. The molecule has 0 bridgehead atoms. The lowest BCUT2D eigenvalue weighted by atomic mass is 9.75. The Morgan fingerprint density at radius 2 is 2.00 bits per heavy atom. The van der Waals surface area contributed by atoms with Crippen molar-refractivity contribution in [1.29, 1.82) is 0 Å².